The van der Waals surface area contributed by atoms with E-state index < -0.39 is 23.8 Å². The summed E-state index contributed by atoms with van der Waals surface area (Å²) in [5.41, 5.74) is 5.73. The first-order chi connectivity index (χ1) is 8.49. The molecule has 1 heterocycles. The molecule has 0 radical (unpaired) electrons. The van der Waals surface area contributed by atoms with Gasteiger partial charge in [0.2, 0.25) is 5.78 Å². The van der Waals surface area contributed by atoms with Crippen molar-refractivity contribution in [1.82, 2.24) is 4.98 Å². The number of halogens is 1. The quantitative estimate of drug-likeness (QED) is 0.816. The molecule has 1 aromatic carbocycles. The number of H-pyrrole nitrogens is 1. The van der Waals surface area contributed by atoms with Crippen LogP contribution in [0.3, 0.4) is 0 Å². The second kappa shape index (κ2) is 4.48. The summed E-state index contributed by atoms with van der Waals surface area (Å²) in [5, 5.41) is 0.444. The lowest BCUT2D eigenvalue weighted by atomic mass is 10.1. The second-order valence-electron chi connectivity index (χ2n) is 3.84. The van der Waals surface area contributed by atoms with Crippen LogP contribution in [0.2, 0.25) is 0 Å². The van der Waals surface area contributed by atoms with E-state index in [4.69, 9.17) is 5.73 Å². The SMILES string of the molecule is C[C@@H](OC(N)=O)C(=O)c1c[nH]c2ccc(F)cc12. The topological polar surface area (TPSA) is 85.2 Å². The molecule has 18 heavy (non-hydrogen) atoms. The van der Waals surface area contributed by atoms with E-state index in [1.165, 1.54) is 31.3 Å². The molecule has 0 saturated heterocycles. The fourth-order valence-corrected chi connectivity index (χ4v) is 1.74. The van der Waals surface area contributed by atoms with E-state index in [-0.39, 0.29) is 5.56 Å². The van der Waals surface area contributed by atoms with Gasteiger partial charge < -0.3 is 15.5 Å². The number of ketones is 1. The van der Waals surface area contributed by atoms with Gasteiger partial charge in [-0.2, -0.15) is 0 Å². The molecule has 0 aliphatic carbocycles. The summed E-state index contributed by atoms with van der Waals surface area (Å²) >= 11 is 0. The maximum atomic E-state index is 13.1. The summed E-state index contributed by atoms with van der Waals surface area (Å²) in [6.45, 7) is 1.41. The Balaban J connectivity index is 2.38. The number of Topliss-reactive ketones (excluding diaryl/α,β-unsaturated/α-hetero) is 1. The largest absolute Gasteiger partial charge is 0.438 e. The summed E-state index contributed by atoms with van der Waals surface area (Å²) in [6.07, 6.45) is -0.584. The lowest BCUT2D eigenvalue weighted by molar-refractivity contribution is 0.0697. The van der Waals surface area contributed by atoms with Gasteiger partial charge >= 0.3 is 6.09 Å². The molecule has 2 aromatic rings. The Hall–Kier alpha value is -2.37. The number of hydrogen-bond donors (Lipinski definition) is 2. The van der Waals surface area contributed by atoms with Crippen molar-refractivity contribution in [2.45, 2.75) is 13.0 Å². The predicted molar refractivity (Wildman–Crippen MR) is 62.7 cm³/mol. The van der Waals surface area contributed by atoms with E-state index in [1.807, 2.05) is 0 Å². The summed E-state index contributed by atoms with van der Waals surface area (Å²) in [7, 11) is 0. The number of amides is 1. The number of carbonyl (C=O) groups is 2. The standard InChI is InChI=1S/C12H11FN2O3/c1-6(18-12(14)17)11(16)9-5-15-10-3-2-7(13)4-8(9)10/h2-6,15H,1H3,(H2,14,17)/t6-/m1/s1. The molecule has 1 atom stereocenters. The van der Waals surface area contributed by atoms with Crippen LogP contribution in [0, 0.1) is 5.82 Å². The fraction of sp³-hybridized carbons (Fsp3) is 0.167. The molecule has 3 N–H and O–H groups in total. The minimum absolute atomic E-state index is 0.262. The van der Waals surface area contributed by atoms with Crippen LogP contribution in [0.4, 0.5) is 9.18 Å². The van der Waals surface area contributed by atoms with Gasteiger partial charge in [-0.3, -0.25) is 4.79 Å². The number of ether oxygens (including phenoxy) is 1. The van der Waals surface area contributed by atoms with Gasteiger partial charge in [0.15, 0.2) is 6.10 Å². The van der Waals surface area contributed by atoms with Gasteiger partial charge in [-0.25, -0.2) is 9.18 Å². The Morgan fingerprint density at radius 1 is 1.44 bits per heavy atom. The Morgan fingerprint density at radius 3 is 2.83 bits per heavy atom. The zero-order chi connectivity index (χ0) is 13.3. The van der Waals surface area contributed by atoms with Gasteiger partial charge in [-0.1, -0.05) is 0 Å². The molecule has 2 rings (SSSR count). The lowest BCUT2D eigenvalue weighted by Gasteiger charge is -2.09. The van der Waals surface area contributed by atoms with Crippen molar-refractivity contribution in [2.24, 2.45) is 5.73 Å². The predicted octanol–water partition coefficient (Wildman–Crippen LogP) is 1.97. The number of carbonyl (C=O) groups excluding carboxylic acids is 2. The number of nitrogens with one attached hydrogen (secondary N) is 1. The van der Waals surface area contributed by atoms with E-state index >= 15 is 0 Å². The average molecular weight is 250 g/mol. The van der Waals surface area contributed by atoms with Crippen molar-refractivity contribution in [3.63, 3.8) is 0 Å². The molecule has 0 aliphatic rings. The molecule has 0 bridgehead atoms. The van der Waals surface area contributed by atoms with E-state index in [0.717, 1.165) is 0 Å². The van der Waals surface area contributed by atoms with E-state index in [0.29, 0.717) is 10.9 Å². The highest BCUT2D eigenvalue weighted by atomic mass is 19.1. The number of benzene rings is 1. The van der Waals surface area contributed by atoms with Crippen molar-refractivity contribution >= 4 is 22.8 Å². The van der Waals surface area contributed by atoms with Crippen molar-refractivity contribution in [1.29, 1.82) is 0 Å². The van der Waals surface area contributed by atoms with Crippen LogP contribution in [0.25, 0.3) is 10.9 Å². The number of hydrogen-bond acceptors (Lipinski definition) is 3. The second-order valence-corrected chi connectivity index (χ2v) is 3.84. The van der Waals surface area contributed by atoms with Crippen molar-refractivity contribution in [3.05, 3.63) is 35.8 Å². The van der Waals surface area contributed by atoms with Gasteiger partial charge in [-0.05, 0) is 25.1 Å². The number of nitrogens with two attached hydrogens (primary N) is 1. The number of rotatable bonds is 3. The Bertz CT molecular complexity index is 621. The number of fused-ring (bicyclic) bond motifs is 1. The smallest absolute Gasteiger partial charge is 0.405 e. The summed E-state index contributed by atoms with van der Waals surface area (Å²) in [4.78, 5) is 25.4. The molecule has 0 fully saturated rings. The highest BCUT2D eigenvalue weighted by Crippen LogP contribution is 2.21. The van der Waals surface area contributed by atoms with Gasteiger partial charge in [0.05, 0.1) is 0 Å². The van der Waals surface area contributed by atoms with Crippen LogP contribution >= 0.6 is 0 Å². The van der Waals surface area contributed by atoms with Crippen molar-refractivity contribution in [2.75, 3.05) is 0 Å². The molecule has 1 aromatic heterocycles. The first-order valence-electron chi connectivity index (χ1n) is 5.26. The maximum absolute atomic E-state index is 13.1. The number of primary amides is 1. The molecule has 0 unspecified atom stereocenters. The third-order valence-electron chi connectivity index (χ3n) is 2.57. The van der Waals surface area contributed by atoms with Gasteiger partial charge in [0, 0.05) is 22.7 Å². The molecule has 6 heteroatoms. The van der Waals surface area contributed by atoms with Crippen LogP contribution in [0.5, 0.6) is 0 Å². The van der Waals surface area contributed by atoms with Crippen molar-refractivity contribution in [3.8, 4) is 0 Å². The van der Waals surface area contributed by atoms with Gasteiger partial charge in [0.1, 0.15) is 5.82 Å². The highest BCUT2D eigenvalue weighted by Gasteiger charge is 2.21. The average Bonchev–Trinajstić information content (AvgIpc) is 2.69. The van der Waals surface area contributed by atoms with Crippen LogP contribution in [0.15, 0.2) is 24.4 Å². The zero-order valence-corrected chi connectivity index (χ0v) is 9.57. The van der Waals surface area contributed by atoms with Gasteiger partial charge in [-0.15, -0.1) is 0 Å². The van der Waals surface area contributed by atoms with Crippen LogP contribution < -0.4 is 5.73 Å². The van der Waals surface area contributed by atoms with Gasteiger partial charge in [0.25, 0.3) is 0 Å². The van der Waals surface area contributed by atoms with Crippen LogP contribution in [-0.4, -0.2) is 23.0 Å². The first kappa shape index (κ1) is 12.1. The molecular formula is C12H11FN2O3. The Kier molecular flexibility index (Phi) is 3.01. The monoisotopic (exact) mass is 250 g/mol. The maximum Gasteiger partial charge on any atom is 0.405 e. The van der Waals surface area contributed by atoms with Crippen LogP contribution in [-0.2, 0) is 4.74 Å². The van der Waals surface area contributed by atoms with E-state index in [2.05, 4.69) is 9.72 Å². The number of aromatic amines is 1. The molecule has 1 amide bonds. The molecular weight excluding hydrogens is 239 g/mol. The van der Waals surface area contributed by atoms with Crippen LogP contribution in [0.1, 0.15) is 17.3 Å². The minimum atomic E-state index is -1.03. The lowest BCUT2D eigenvalue weighted by Crippen LogP contribution is -2.27. The number of aromatic nitrogens is 1. The van der Waals surface area contributed by atoms with Crippen molar-refractivity contribution < 1.29 is 18.7 Å². The third kappa shape index (κ3) is 2.17. The molecule has 94 valence electrons. The molecule has 0 aliphatic heterocycles. The van der Waals surface area contributed by atoms with E-state index in [9.17, 15) is 14.0 Å². The summed E-state index contributed by atoms with van der Waals surface area (Å²) < 4.78 is 17.7. The molecule has 0 spiro atoms. The Labute approximate surface area is 102 Å². The highest BCUT2D eigenvalue weighted by molar-refractivity contribution is 6.10. The normalized spacial score (nSPS) is 12.3. The fourth-order valence-electron chi connectivity index (χ4n) is 1.74. The Morgan fingerprint density at radius 2 is 2.17 bits per heavy atom. The summed E-state index contributed by atoms with van der Waals surface area (Å²) in [5.74, 6) is -0.884. The minimum Gasteiger partial charge on any atom is -0.438 e. The first-order valence-corrected chi connectivity index (χ1v) is 5.26. The summed E-state index contributed by atoms with van der Waals surface area (Å²) in [6, 6.07) is 4.06. The molecule has 5 nitrogen and oxygen atoms in total. The zero-order valence-electron chi connectivity index (χ0n) is 9.57. The van der Waals surface area contributed by atoms with E-state index in [1.54, 1.807) is 0 Å². The third-order valence-corrected chi connectivity index (χ3v) is 2.57. The molecule has 0 saturated carbocycles.